The van der Waals surface area contributed by atoms with E-state index < -0.39 is 5.82 Å². The zero-order valence-electron chi connectivity index (χ0n) is 18.4. The Bertz CT molecular complexity index is 1300. The van der Waals surface area contributed by atoms with Gasteiger partial charge in [0.15, 0.2) is 0 Å². The molecule has 0 bridgehead atoms. The molecule has 1 fully saturated rings. The molecule has 2 aromatic carbocycles. The fourth-order valence-corrected chi connectivity index (χ4v) is 5.37. The molecule has 1 atom stereocenters. The number of halogens is 3. The molecule has 4 nitrogen and oxygen atoms in total. The van der Waals surface area contributed by atoms with Crippen LogP contribution in [-0.4, -0.2) is 21.0 Å². The van der Waals surface area contributed by atoms with Crippen LogP contribution >= 0.6 is 11.6 Å². The molecule has 170 valence electrons. The van der Waals surface area contributed by atoms with E-state index in [1.54, 1.807) is 24.3 Å². The molecule has 1 aliphatic rings. The van der Waals surface area contributed by atoms with Crippen LogP contribution in [0.4, 0.5) is 14.6 Å². The van der Waals surface area contributed by atoms with Crippen LogP contribution < -0.4 is 5.32 Å². The second kappa shape index (κ2) is 9.18. The second-order valence-electron chi connectivity index (χ2n) is 9.04. The first-order valence-electron chi connectivity index (χ1n) is 11.4. The van der Waals surface area contributed by atoms with Gasteiger partial charge in [-0.15, -0.1) is 0 Å². The van der Waals surface area contributed by atoms with Crippen molar-refractivity contribution >= 4 is 39.2 Å². The summed E-state index contributed by atoms with van der Waals surface area (Å²) in [7, 11) is 0. The van der Waals surface area contributed by atoms with Crippen molar-refractivity contribution in [2.45, 2.75) is 51.0 Å². The SMILES string of the molecule is C[C@H](CC1CCC(c2ccnc3ccc(F)cc23)CC1)Nc1nc(Cl)nc2c(F)cccc12. The molecule has 7 heteroatoms. The van der Waals surface area contributed by atoms with Gasteiger partial charge in [0, 0.05) is 23.0 Å². The van der Waals surface area contributed by atoms with Gasteiger partial charge in [0.05, 0.1) is 5.52 Å². The largest absolute Gasteiger partial charge is 0.367 e. The molecule has 33 heavy (non-hydrogen) atoms. The number of nitrogens with one attached hydrogen (secondary N) is 1. The molecule has 5 rings (SSSR count). The molecule has 0 radical (unpaired) electrons. The summed E-state index contributed by atoms with van der Waals surface area (Å²) in [6.07, 6.45) is 7.16. The predicted molar refractivity (Wildman–Crippen MR) is 129 cm³/mol. The molecule has 1 aliphatic carbocycles. The number of hydrogen-bond donors (Lipinski definition) is 1. The van der Waals surface area contributed by atoms with E-state index in [0.717, 1.165) is 43.0 Å². The summed E-state index contributed by atoms with van der Waals surface area (Å²) in [5.74, 6) is 0.936. The van der Waals surface area contributed by atoms with Crippen LogP contribution in [0.2, 0.25) is 5.28 Å². The van der Waals surface area contributed by atoms with Gasteiger partial charge in [0.1, 0.15) is 23.0 Å². The van der Waals surface area contributed by atoms with Crippen LogP contribution in [0, 0.1) is 17.6 Å². The zero-order chi connectivity index (χ0) is 22.9. The number of anilines is 1. The Kier molecular flexibility index (Phi) is 6.11. The van der Waals surface area contributed by atoms with E-state index in [9.17, 15) is 8.78 Å². The average molecular weight is 467 g/mol. The predicted octanol–water partition coefficient (Wildman–Crippen LogP) is 7.27. The van der Waals surface area contributed by atoms with Crippen LogP contribution in [0.15, 0.2) is 48.7 Å². The molecule has 0 unspecified atom stereocenters. The first-order chi connectivity index (χ1) is 16.0. The first-order valence-corrected chi connectivity index (χ1v) is 11.8. The van der Waals surface area contributed by atoms with Gasteiger partial charge in [0.2, 0.25) is 5.28 Å². The van der Waals surface area contributed by atoms with Crippen LogP contribution in [0.3, 0.4) is 0 Å². The van der Waals surface area contributed by atoms with Crippen LogP contribution in [-0.2, 0) is 0 Å². The number of benzene rings is 2. The standard InChI is InChI=1S/C26H25ClF2N4/c1-15(31-25-20-3-2-4-22(29)24(20)32-26(27)33-25)13-16-5-7-17(8-6-16)19-11-12-30-23-10-9-18(28)14-21(19)23/h2-4,9-12,14-17H,5-8,13H2,1H3,(H,31,32,33)/t15-,16?,17?/m1/s1. The quantitative estimate of drug-likeness (QED) is 0.314. The minimum Gasteiger partial charge on any atom is -0.367 e. The lowest BCUT2D eigenvalue weighted by atomic mass is 9.76. The number of para-hydroxylation sites is 1. The summed E-state index contributed by atoms with van der Waals surface area (Å²) in [6.45, 7) is 2.12. The minimum atomic E-state index is -0.408. The van der Waals surface area contributed by atoms with Gasteiger partial charge < -0.3 is 5.32 Å². The third kappa shape index (κ3) is 4.62. The van der Waals surface area contributed by atoms with E-state index >= 15 is 0 Å². The van der Waals surface area contributed by atoms with E-state index in [0.29, 0.717) is 23.0 Å². The number of fused-ring (bicyclic) bond motifs is 2. The number of rotatable bonds is 5. The number of aromatic nitrogens is 3. The molecule has 0 aliphatic heterocycles. The summed E-state index contributed by atoms with van der Waals surface area (Å²) in [4.78, 5) is 12.7. The van der Waals surface area contributed by atoms with Crippen molar-refractivity contribution in [3.63, 3.8) is 0 Å². The van der Waals surface area contributed by atoms with Gasteiger partial charge in [0.25, 0.3) is 0 Å². The Morgan fingerprint density at radius 3 is 2.67 bits per heavy atom. The lowest BCUT2D eigenvalue weighted by Gasteiger charge is -2.31. The van der Waals surface area contributed by atoms with Crippen molar-refractivity contribution in [1.82, 2.24) is 15.0 Å². The van der Waals surface area contributed by atoms with Crippen LogP contribution in [0.5, 0.6) is 0 Å². The Balaban J connectivity index is 1.25. The van der Waals surface area contributed by atoms with Crippen LogP contribution in [0.1, 0.15) is 50.5 Å². The van der Waals surface area contributed by atoms with Gasteiger partial charge in [-0.3, -0.25) is 4.98 Å². The highest BCUT2D eigenvalue weighted by Gasteiger charge is 2.25. The van der Waals surface area contributed by atoms with Crippen molar-refractivity contribution in [2.75, 3.05) is 5.32 Å². The van der Waals surface area contributed by atoms with Gasteiger partial charge in [-0.1, -0.05) is 6.07 Å². The smallest absolute Gasteiger partial charge is 0.225 e. The average Bonchev–Trinajstić information content (AvgIpc) is 2.80. The molecule has 2 aromatic heterocycles. The van der Waals surface area contributed by atoms with E-state index in [4.69, 9.17) is 11.6 Å². The Labute approximate surface area is 196 Å². The first kappa shape index (κ1) is 22.0. The van der Waals surface area contributed by atoms with Crippen molar-refractivity contribution in [3.8, 4) is 0 Å². The molecular formula is C26H25ClF2N4. The summed E-state index contributed by atoms with van der Waals surface area (Å²) >= 11 is 6.04. The summed E-state index contributed by atoms with van der Waals surface area (Å²) in [6, 6.07) is 11.8. The summed E-state index contributed by atoms with van der Waals surface area (Å²) in [5.41, 5.74) is 2.28. The molecule has 0 spiro atoms. The summed E-state index contributed by atoms with van der Waals surface area (Å²) < 4.78 is 28.0. The lowest BCUT2D eigenvalue weighted by molar-refractivity contribution is 0.302. The molecule has 4 aromatic rings. The fraction of sp³-hybridized carbons (Fsp3) is 0.346. The maximum absolute atomic E-state index is 14.2. The van der Waals surface area contributed by atoms with Gasteiger partial charge in [-0.2, -0.15) is 0 Å². The molecule has 1 saturated carbocycles. The third-order valence-corrected chi connectivity index (χ3v) is 6.91. The van der Waals surface area contributed by atoms with Crippen molar-refractivity contribution < 1.29 is 8.78 Å². The van der Waals surface area contributed by atoms with Crippen molar-refractivity contribution in [3.05, 3.63) is 71.1 Å². The normalized spacial score (nSPS) is 19.6. The molecule has 0 amide bonds. The van der Waals surface area contributed by atoms with Gasteiger partial charge >= 0.3 is 0 Å². The van der Waals surface area contributed by atoms with Crippen LogP contribution in [0.25, 0.3) is 21.8 Å². The highest BCUT2D eigenvalue weighted by atomic mass is 35.5. The van der Waals surface area contributed by atoms with E-state index in [2.05, 4.69) is 27.2 Å². The van der Waals surface area contributed by atoms with Gasteiger partial charge in [-0.05, 0) is 104 Å². The van der Waals surface area contributed by atoms with Crippen molar-refractivity contribution in [1.29, 1.82) is 0 Å². The Morgan fingerprint density at radius 2 is 1.85 bits per heavy atom. The molecular weight excluding hydrogens is 442 g/mol. The van der Waals surface area contributed by atoms with E-state index in [-0.39, 0.29) is 22.7 Å². The number of pyridine rings is 1. The minimum absolute atomic E-state index is 0.0313. The fourth-order valence-electron chi connectivity index (χ4n) is 5.20. The zero-order valence-corrected chi connectivity index (χ0v) is 19.1. The van der Waals surface area contributed by atoms with E-state index in [1.165, 1.54) is 17.7 Å². The molecule has 2 heterocycles. The maximum atomic E-state index is 14.2. The van der Waals surface area contributed by atoms with E-state index in [1.807, 2.05) is 12.3 Å². The maximum Gasteiger partial charge on any atom is 0.225 e. The summed E-state index contributed by atoms with van der Waals surface area (Å²) in [5, 5.41) is 5.01. The number of nitrogens with zero attached hydrogens (tertiary/aromatic N) is 3. The molecule has 1 N–H and O–H groups in total. The second-order valence-corrected chi connectivity index (χ2v) is 9.38. The topological polar surface area (TPSA) is 50.7 Å². The lowest BCUT2D eigenvalue weighted by Crippen LogP contribution is -2.23. The highest BCUT2D eigenvalue weighted by molar-refractivity contribution is 6.28. The monoisotopic (exact) mass is 466 g/mol. The Hall–Kier alpha value is -2.86. The van der Waals surface area contributed by atoms with Crippen molar-refractivity contribution in [2.24, 2.45) is 5.92 Å². The highest BCUT2D eigenvalue weighted by Crippen LogP contribution is 2.40. The van der Waals surface area contributed by atoms with Gasteiger partial charge in [-0.25, -0.2) is 18.7 Å². The number of hydrogen-bond acceptors (Lipinski definition) is 4. The Morgan fingerprint density at radius 1 is 1.03 bits per heavy atom. The third-order valence-electron chi connectivity index (χ3n) is 6.74. The molecule has 0 saturated heterocycles.